The minimum atomic E-state index is -1.18. The van der Waals surface area contributed by atoms with Crippen LogP contribution >= 0.6 is 11.6 Å². The van der Waals surface area contributed by atoms with Gasteiger partial charge in [0.15, 0.2) is 5.78 Å². The molecule has 0 fully saturated rings. The molecule has 252 valence electrons. The van der Waals surface area contributed by atoms with Gasteiger partial charge in [-0.1, -0.05) is 12.1 Å². The van der Waals surface area contributed by atoms with Crippen molar-refractivity contribution in [1.29, 1.82) is 0 Å². The van der Waals surface area contributed by atoms with Crippen molar-refractivity contribution in [2.45, 2.75) is 37.8 Å². The Labute approximate surface area is 272 Å². The van der Waals surface area contributed by atoms with Gasteiger partial charge >= 0.3 is 23.9 Å². The average Bonchev–Trinajstić information content (AvgIpc) is 3.04. The first-order valence-corrected chi connectivity index (χ1v) is 14.7. The normalized spacial score (nSPS) is 13.0. The lowest BCUT2D eigenvalue weighted by molar-refractivity contribution is -0.147. The number of nitrogens with two attached hydrogens (primary N) is 2. The molecule has 2 aromatic carbocycles. The predicted octanol–water partition coefficient (Wildman–Crippen LogP) is 0.868. The van der Waals surface area contributed by atoms with E-state index < -0.39 is 59.3 Å². The first-order chi connectivity index (χ1) is 22.3. The van der Waals surface area contributed by atoms with Crippen LogP contribution in [0.4, 0.5) is 5.69 Å². The molecule has 1 amide bonds. The SMILES string of the molecule is N[C@@H](CCC(=O)O)C(=O)OCCOc1cccc2c1C(=O)c1c(OCCOC(=O)[C@@H](N)CCC(=O)O)cc(NC(=O)CCl)cc1C2=O. The fourth-order valence-corrected chi connectivity index (χ4v) is 4.42. The van der Waals surface area contributed by atoms with Crippen LogP contribution in [0.15, 0.2) is 30.3 Å². The van der Waals surface area contributed by atoms with E-state index in [9.17, 15) is 33.6 Å². The summed E-state index contributed by atoms with van der Waals surface area (Å²) >= 11 is 5.60. The van der Waals surface area contributed by atoms with Crippen molar-refractivity contribution in [2.24, 2.45) is 11.5 Å². The van der Waals surface area contributed by atoms with Crippen molar-refractivity contribution in [2.75, 3.05) is 37.6 Å². The van der Waals surface area contributed by atoms with Crippen LogP contribution in [0, 0.1) is 0 Å². The summed E-state index contributed by atoms with van der Waals surface area (Å²) in [5.74, 6) is -6.36. The highest BCUT2D eigenvalue weighted by Gasteiger charge is 2.36. The van der Waals surface area contributed by atoms with Gasteiger partial charge in [0.05, 0.1) is 11.1 Å². The third kappa shape index (κ3) is 9.96. The third-order valence-electron chi connectivity index (χ3n) is 6.59. The van der Waals surface area contributed by atoms with E-state index >= 15 is 0 Å². The predicted molar refractivity (Wildman–Crippen MR) is 162 cm³/mol. The molecule has 0 unspecified atom stereocenters. The van der Waals surface area contributed by atoms with E-state index in [0.717, 1.165) is 0 Å². The number of ketones is 2. The minimum absolute atomic E-state index is 0.00697. The fourth-order valence-electron chi connectivity index (χ4n) is 4.35. The van der Waals surface area contributed by atoms with E-state index in [4.69, 9.17) is 52.2 Å². The Kier molecular flexibility index (Phi) is 13.2. The van der Waals surface area contributed by atoms with Crippen molar-refractivity contribution >= 4 is 58.6 Å². The van der Waals surface area contributed by atoms with E-state index in [-0.39, 0.29) is 91.6 Å². The van der Waals surface area contributed by atoms with Gasteiger partial charge in [0.1, 0.15) is 55.9 Å². The highest BCUT2D eigenvalue weighted by molar-refractivity contribution is 6.31. The number of carboxylic acids is 2. The zero-order valence-electron chi connectivity index (χ0n) is 24.8. The van der Waals surface area contributed by atoms with Crippen molar-refractivity contribution in [1.82, 2.24) is 0 Å². The van der Waals surface area contributed by atoms with Crippen LogP contribution < -0.4 is 26.3 Å². The number of anilines is 1. The van der Waals surface area contributed by atoms with Gasteiger partial charge < -0.3 is 45.9 Å². The fraction of sp³-hybridized carbons (Fsp3) is 0.367. The highest BCUT2D eigenvalue weighted by atomic mass is 35.5. The van der Waals surface area contributed by atoms with Gasteiger partial charge in [-0.25, -0.2) is 0 Å². The molecular weight excluding hydrogens is 646 g/mol. The molecule has 0 spiro atoms. The van der Waals surface area contributed by atoms with Gasteiger partial charge in [0, 0.05) is 35.7 Å². The van der Waals surface area contributed by atoms with Gasteiger partial charge in [-0.3, -0.25) is 33.6 Å². The number of carbonyl (C=O) groups excluding carboxylic acids is 5. The Bertz CT molecular complexity index is 1560. The number of hydrogen-bond acceptors (Lipinski definition) is 13. The number of ether oxygens (including phenoxy) is 4. The number of carboxylic acid groups (broad SMARTS) is 2. The van der Waals surface area contributed by atoms with E-state index in [1.807, 2.05) is 0 Å². The molecule has 0 saturated heterocycles. The Morgan fingerprint density at radius 1 is 0.745 bits per heavy atom. The van der Waals surface area contributed by atoms with Crippen LogP contribution in [0.3, 0.4) is 0 Å². The maximum atomic E-state index is 13.9. The standard InChI is InChI=1S/C30H32ClN3O13/c31-14-22(35)34-15-12-17-26(21(13-15)45-9-11-47-30(43)19(33)5-7-24(38)39)28(41)25-16(27(17)40)2-1-3-20(25)44-8-10-46-29(42)18(32)4-6-23(36)37/h1-3,12-13,18-19H,4-11,14,32-33H2,(H,34,35)(H,36,37)(H,38,39)/t18-,19-/m0/s1. The second-order valence-corrected chi connectivity index (χ2v) is 10.3. The maximum absolute atomic E-state index is 13.9. The summed E-state index contributed by atoms with van der Waals surface area (Å²) in [7, 11) is 0. The lowest BCUT2D eigenvalue weighted by atomic mass is 9.82. The molecule has 3 rings (SSSR count). The summed E-state index contributed by atoms with van der Waals surface area (Å²) in [5, 5.41) is 20.0. The molecule has 0 aromatic heterocycles. The number of carbonyl (C=O) groups is 7. The minimum Gasteiger partial charge on any atom is -0.489 e. The van der Waals surface area contributed by atoms with Crippen LogP contribution in [-0.4, -0.2) is 96.0 Å². The average molecular weight is 678 g/mol. The zero-order valence-corrected chi connectivity index (χ0v) is 25.6. The number of amides is 1. The molecule has 17 heteroatoms. The zero-order chi connectivity index (χ0) is 34.7. The topological polar surface area (TPSA) is 261 Å². The van der Waals surface area contributed by atoms with E-state index in [2.05, 4.69) is 5.32 Å². The van der Waals surface area contributed by atoms with Crippen molar-refractivity contribution < 1.29 is 62.7 Å². The van der Waals surface area contributed by atoms with Crippen LogP contribution in [0.5, 0.6) is 11.5 Å². The molecule has 1 aliphatic rings. The van der Waals surface area contributed by atoms with Gasteiger partial charge in [-0.2, -0.15) is 0 Å². The largest absolute Gasteiger partial charge is 0.489 e. The molecule has 2 atom stereocenters. The summed E-state index contributed by atoms with van der Waals surface area (Å²) < 4.78 is 21.5. The summed E-state index contributed by atoms with van der Waals surface area (Å²) in [6, 6.07) is 4.56. The van der Waals surface area contributed by atoms with E-state index in [0.29, 0.717) is 0 Å². The van der Waals surface area contributed by atoms with Crippen molar-refractivity contribution in [3.05, 3.63) is 52.6 Å². The number of hydrogen-bond donors (Lipinski definition) is 5. The molecule has 1 aliphatic carbocycles. The molecule has 2 aromatic rings. The molecule has 47 heavy (non-hydrogen) atoms. The quantitative estimate of drug-likeness (QED) is 0.0710. The molecular formula is C30H32ClN3O13. The van der Waals surface area contributed by atoms with E-state index in [1.54, 1.807) is 0 Å². The number of nitrogens with one attached hydrogen (secondary N) is 1. The molecule has 0 saturated carbocycles. The van der Waals surface area contributed by atoms with E-state index in [1.165, 1.54) is 30.3 Å². The Hall–Kier alpha value is -5.06. The van der Waals surface area contributed by atoms with Crippen LogP contribution in [0.25, 0.3) is 0 Å². The van der Waals surface area contributed by atoms with Gasteiger partial charge in [0.2, 0.25) is 11.7 Å². The summed E-state index contributed by atoms with van der Waals surface area (Å²) in [6.07, 6.45) is -0.923. The molecule has 0 bridgehead atoms. The van der Waals surface area contributed by atoms with Crippen molar-refractivity contribution in [3.63, 3.8) is 0 Å². The summed E-state index contributed by atoms with van der Waals surface area (Å²) in [6.45, 7) is -1.20. The first-order valence-electron chi connectivity index (χ1n) is 14.1. The number of fused-ring (bicyclic) bond motifs is 2. The Morgan fingerprint density at radius 3 is 1.81 bits per heavy atom. The number of aliphatic carboxylic acids is 2. The number of rotatable bonds is 18. The van der Waals surface area contributed by atoms with Crippen molar-refractivity contribution in [3.8, 4) is 11.5 Å². The van der Waals surface area contributed by atoms with Crippen LogP contribution in [-0.2, 0) is 33.4 Å². The number of halogens is 1. The number of benzene rings is 2. The lowest BCUT2D eigenvalue weighted by Gasteiger charge is -2.23. The van der Waals surface area contributed by atoms with Gasteiger partial charge in [-0.05, 0) is 25.0 Å². The van der Waals surface area contributed by atoms with Gasteiger partial charge in [-0.15, -0.1) is 11.6 Å². The number of alkyl halides is 1. The highest BCUT2D eigenvalue weighted by Crippen LogP contribution is 2.39. The molecule has 0 aliphatic heterocycles. The molecule has 16 nitrogen and oxygen atoms in total. The maximum Gasteiger partial charge on any atom is 0.323 e. The molecule has 0 radical (unpaired) electrons. The second kappa shape index (κ2) is 17.0. The van der Waals surface area contributed by atoms with Crippen LogP contribution in [0.2, 0.25) is 0 Å². The summed E-state index contributed by atoms with van der Waals surface area (Å²) in [5.41, 5.74) is 11.0. The molecule has 7 N–H and O–H groups in total. The monoisotopic (exact) mass is 677 g/mol. The smallest absolute Gasteiger partial charge is 0.323 e. The Morgan fingerprint density at radius 2 is 1.28 bits per heavy atom. The second-order valence-electron chi connectivity index (χ2n) is 10.0. The molecule has 0 heterocycles. The Balaban J connectivity index is 1.79. The first kappa shape index (κ1) is 36.4. The van der Waals surface area contributed by atoms with Gasteiger partial charge in [0.25, 0.3) is 0 Å². The lowest BCUT2D eigenvalue weighted by Crippen LogP contribution is -2.33. The number of esters is 2. The summed E-state index contributed by atoms with van der Waals surface area (Å²) in [4.78, 5) is 85.0. The third-order valence-corrected chi connectivity index (χ3v) is 6.83. The van der Waals surface area contributed by atoms with Crippen LogP contribution in [0.1, 0.15) is 57.5 Å².